The first-order valence-electron chi connectivity index (χ1n) is 11.4. The topological polar surface area (TPSA) is 34.1 Å². The van der Waals surface area contributed by atoms with Crippen LogP contribution in [0.5, 0.6) is 5.75 Å². The molecule has 5 rings (SSSR count). The van der Waals surface area contributed by atoms with Gasteiger partial charge in [-0.15, -0.1) is 0 Å². The normalized spacial score (nSPS) is 13.5. The van der Waals surface area contributed by atoms with Crippen molar-refractivity contribution in [2.45, 2.75) is 26.4 Å². The molecule has 3 aromatic carbocycles. The lowest BCUT2D eigenvalue weighted by Gasteiger charge is -2.08. The molecular formula is C29H29ClN2O. The van der Waals surface area contributed by atoms with Gasteiger partial charge in [-0.2, -0.15) is 0 Å². The predicted octanol–water partition coefficient (Wildman–Crippen LogP) is 7.40. The van der Waals surface area contributed by atoms with Gasteiger partial charge in [-0.3, -0.25) is 0 Å². The maximum Gasteiger partial charge on any atom is 0.130 e. The highest BCUT2D eigenvalue weighted by Crippen LogP contribution is 2.22. The maximum atomic E-state index is 5.95. The SMILES string of the molecule is C/C(=C/c1ccc(Cl)cc1)c1ccc(OCc2ccc3ccccc3n2)cc1.C1CCNC1. The third-order valence-corrected chi connectivity index (χ3v) is 5.81. The van der Waals surface area contributed by atoms with Gasteiger partial charge in [0.05, 0.1) is 11.2 Å². The van der Waals surface area contributed by atoms with Gasteiger partial charge in [0, 0.05) is 10.4 Å². The highest BCUT2D eigenvalue weighted by atomic mass is 35.5. The van der Waals surface area contributed by atoms with Crippen LogP contribution in [0.4, 0.5) is 0 Å². The minimum absolute atomic E-state index is 0.448. The number of fused-ring (bicyclic) bond motifs is 1. The molecule has 0 saturated carbocycles. The van der Waals surface area contributed by atoms with Crippen LogP contribution in [0.2, 0.25) is 5.02 Å². The summed E-state index contributed by atoms with van der Waals surface area (Å²) in [4.78, 5) is 4.65. The second-order valence-electron chi connectivity index (χ2n) is 8.14. The lowest BCUT2D eigenvalue weighted by atomic mass is 10.0. The van der Waals surface area contributed by atoms with Crippen molar-refractivity contribution >= 4 is 34.2 Å². The number of pyridine rings is 1. The summed E-state index contributed by atoms with van der Waals surface area (Å²) in [5.41, 5.74) is 5.38. The van der Waals surface area contributed by atoms with Crippen LogP contribution in [0.1, 0.15) is 36.6 Å². The fourth-order valence-electron chi connectivity index (χ4n) is 3.68. The minimum atomic E-state index is 0.448. The molecule has 0 amide bonds. The van der Waals surface area contributed by atoms with Crippen LogP contribution in [0.15, 0.2) is 84.9 Å². The average Bonchev–Trinajstić information content (AvgIpc) is 3.45. The van der Waals surface area contributed by atoms with Crippen LogP contribution in [-0.4, -0.2) is 18.1 Å². The van der Waals surface area contributed by atoms with Gasteiger partial charge in [0.2, 0.25) is 0 Å². The number of aromatic nitrogens is 1. The number of nitrogens with zero attached hydrogens (tertiary/aromatic N) is 1. The van der Waals surface area contributed by atoms with E-state index in [1.165, 1.54) is 31.5 Å². The smallest absolute Gasteiger partial charge is 0.130 e. The van der Waals surface area contributed by atoms with Gasteiger partial charge in [-0.25, -0.2) is 4.98 Å². The van der Waals surface area contributed by atoms with Crippen LogP contribution in [0, 0.1) is 0 Å². The van der Waals surface area contributed by atoms with Gasteiger partial charge in [0.25, 0.3) is 0 Å². The molecule has 1 fully saturated rings. The Morgan fingerprint density at radius 2 is 1.64 bits per heavy atom. The number of nitrogens with one attached hydrogen (secondary N) is 1. The van der Waals surface area contributed by atoms with E-state index in [9.17, 15) is 0 Å². The first kappa shape index (κ1) is 23.0. The van der Waals surface area contributed by atoms with Gasteiger partial charge >= 0.3 is 0 Å². The average molecular weight is 457 g/mol. The Hall–Kier alpha value is -3.14. The maximum absolute atomic E-state index is 5.95. The van der Waals surface area contributed by atoms with Gasteiger partial charge in [-0.1, -0.05) is 66.2 Å². The summed E-state index contributed by atoms with van der Waals surface area (Å²) in [6.45, 7) is 5.05. The first-order chi connectivity index (χ1) is 16.2. The molecule has 1 saturated heterocycles. The van der Waals surface area contributed by atoms with Crippen molar-refractivity contribution in [1.82, 2.24) is 10.3 Å². The molecule has 4 aromatic rings. The van der Waals surface area contributed by atoms with Crippen molar-refractivity contribution in [2.75, 3.05) is 13.1 Å². The number of para-hydroxylation sites is 1. The van der Waals surface area contributed by atoms with E-state index in [2.05, 4.69) is 47.6 Å². The molecule has 2 heterocycles. The molecule has 0 bridgehead atoms. The Labute approximate surface area is 201 Å². The molecule has 168 valence electrons. The molecule has 0 spiro atoms. The van der Waals surface area contributed by atoms with E-state index < -0.39 is 0 Å². The molecule has 0 radical (unpaired) electrons. The van der Waals surface area contributed by atoms with Crippen molar-refractivity contribution in [1.29, 1.82) is 0 Å². The second-order valence-corrected chi connectivity index (χ2v) is 8.58. The number of benzene rings is 3. The molecule has 3 nitrogen and oxygen atoms in total. The summed E-state index contributed by atoms with van der Waals surface area (Å²) in [5, 5.41) is 5.11. The molecule has 0 unspecified atom stereocenters. The summed E-state index contributed by atoms with van der Waals surface area (Å²) < 4.78 is 5.91. The molecule has 0 aliphatic carbocycles. The standard InChI is InChI=1S/C25H20ClNO.C4H9N/c1-18(16-19-6-11-22(26)12-7-19)20-9-14-24(15-10-20)28-17-23-13-8-21-4-2-3-5-25(21)27-23;1-2-4-5-3-1/h2-16H,17H2,1H3;5H,1-4H2/b18-16-;. The molecule has 33 heavy (non-hydrogen) atoms. The van der Waals surface area contributed by atoms with Gasteiger partial charge in [0.15, 0.2) is 0 Å². The van der Waals surface area contributed by atoms with Crippen LogP contribution in [-0.2, 0) is 6.61 Å². The zero-order valence-electron chi connectivity index (χ0n) is 18.9. The largest absolute Gasteiger partial charge is 0.487 e. The van der Waals surface area contributed by atoms with Gasteiger partial charge < -0.3 is 10.1 Å². The zero-order valence-corrected chi connectivity index (χ0v) is 19.7. The summed E-state index contributed by atoms with van der Waals surface area (Å²) in [6, 6.07) is 28.2. The summed E-state index contributed by atoms with van der Waals surface area (Å²) in [5.74, 6) is 0.831. The number of rotatable bonds is 5. The number of allylic oxidation sites excluding steroid dienone is 1. The second kappa shape index (κ2) is 11.6. The van der Waals surface area contributed by atoms with Crippen LogP contribution < -0.4 is 10.1 Å². The fraction of sp³-hybridized carbons (Fsp3) is 0.207. The Morgan fingerprint density at radius 1 is 0.909 bits per heavy atom. The monoisotopic (exact) mass is 456 g/mol. The van der Waals surface area contributed by atoms with E-state index >= 15 is 0 Å². The van der Waals surface area contributed by atoms with Gasteiger partial charge in [0.1, 0.15) is 12.4 Å². The van der Waals surface area contributed by atoms with E-state index in [1.807, 2.05) is 60.7 Å². The van der Waals surface area contributed by atoms with E-state index in [4.69, 9.17) is 16.3 Å². The molecule has 4 heteroatoms. The van der Waals surface area contributed by atoms with E-state index in [0.29, 0.717) is 6.61 Å². The van der Waals surface area contributed by atoms with Crippen molar-refractivity contribution in [3.8, 4) is 5.75 Å². The van der Waals surface area contributed by atoms with Crippen LogP contribution in [0.25, 0.3) is 22.6 Å². The summed E-state index contributed by atoms with van der Waals surface area (Å²) >= 11 is 5.95. The Kier molecular flexibility index (Phi) is 8.13. The predicted molar refractivity (Wildman–Crippen MR) is 140 cm³/mol. The molecule has 1 aromatic heterocycles. The first-order valence-corrected chi connectivity index (χ1v) is 11.8. The summed E-state index contributed by atoms with van der Waals surface area (Å²) in [7, 11) is 0. The van der Waals surface area contributed by atoms with Crippen molar-refractivity contribution < 1.29 is 4.74 Å². The summed E-state index contributed by atoms with van der Waals surface area (Å²) in [6.07, 6.45) is 4.92. The molecule has 1 N–H and O–H groups in total. The van der Waals surface area contributed by atoms with Crippen molar-refractivity contribution in [2.24, 2.45) is 0 Å². The van der Waals surface area contributed by atoms with Crippen LogP contribution in [0.3, 0.4) is 0 Å². The van der Waals surface area contributed by atoms with E-state index in [1.54, 1.807) is 0 Å². The Bertz CT molecular complexity index is 1190. The third-order valence-electron chi connectivity index (χ3n) is 5.56. The Balaban J connectivity index is 0.000000459. The minimum Gasteiger partial charge on any atom is -0.487 e. The lowest BCUT2D eigenvalue weighted by Crippen LogP contribution is -2.03. The highest BCUT2D eigenvalue weighted by Gasteiger charge is 2.02. The van der Waals surface area contributed by atoms with E-state index in [0.717, 1.165) is 38.5 Å². The quantitative estimate of drug-likeness (QED) is 0.318. The Morgan fingerprint density at radius 3 is 2.33 bits per heavy atom. The third kappa shape index (κ3) is 6.92. The van der Waals surface area contributed by atoms with Crippen molar-refractivity contribution in [3.05, 3.63) is 107 Å². The number of halogens is 1. The molecule has 0 atom stereocenters. The fourth-order valence-corrected chi connectivity index (χ4v) is 3.80. The molecule has 1 aliphatic heterocycles. The van der Waals surface area contributed by atoms with Gasteiger partial charge in [-0.05, 0) is 86.0 Å². The number of hydrogen-bond donors (Lipinski definition) is 1. The number of ether oxygens (including phenoxy) is 1. The molecular weight excluding hydrogens is 428 g/mol. The lowest BCUT2D eigenvalue weighted by molar-refractivity contribution is 0.302. The molecule has 1 aliphatic rings. The van der Waals surface area contributed by atoms with Crippen molar-refractivity contribution in [3.63, 3.8) is 0 Å². The zero-order chi connectivity index (χ0) is 22.9. The number of hydrogen-bond acceptors (Lipinski definition) is 3. The van der Waals surface area contributed by atoms with Crippen LogP contribution >= 0.6 is 11.6 Å². The highest BCUT2D eigenvalue weighted by molar-refractivity contribution is 6.30. The van der Waals surface area contributed by atoms with E-state index in [-0.39, 0.29) is 0 Å².